The van der Waals surface area contributed by atoms with E-state index in [-0.39, 0.29) is 11.7 Å². The van der Waals surface area contributed by atoms with Gasteiger partial charge < -0.3 is 4.52 Å². The Morgan fingerprint density at radius 1 is 1.17 bits per heavy atom. The Morgan fingerprint density at radius 3 is 2.39 bits per heavy atom. The zero-order chi connectivity index (χ0) is 13.6. The van der Waals surface area contributed by atoms with Crippen LogP contribution in [0, 0.1) is 0 Å². The number of alkyl halides is 3. The lowest BCUT2D eigenvalue weighted by Gasteiger charge is -2.09. The lowest BCUT2D eigenvalue weighted by atomic mass is 9.97. The summed E-state index contributed by atoms with van der Waals surface area (Å²) in [7, 11) is 0. The first kappa shape index (κ1) is 15.0. The molecule has 0 aliphatic carbocycles. The minimum Gasteiger partial charge on any atom is -0.329 e. The maximum Gasteiger partial charge on any atom is 0.471 e. The van der Waals surface area contributed by atoms with Crippen molar-refractivity contribution in [3.8, 4) is 0 Å². The maximum absolute atomic E-state index is 12.3. The quantitative estimate of drug-likeness (QED) is 0.678. The molecule has 0 radical (unpaired) electrons. The Labute approximate surface area is 105 Å². The van der Waals surface area contributed by atoms with Gasteiger partial charge in [0.2, 0.25) is 0 Å². The van der Waals surface area contributed by atoms with Gasteiger partial charge in [0.25, 0.3) is 0 Å². The van der Waals surface area contributed by atoms with Crippen molar-refractivity contribution in [3.05, 3.63) is 11.7 Å². The van der Waals surface area contributed by atoms with Crippen LogP contribution in [-0.4, -0.2) is 10.1 Å². The van der Waals surface area contributed by atoms with E-state index in [4.69, 9.17) is 0 Å². The molecule has 0 spiro atoms. The van der Waals surface area contributed by atoms with Crippen LogP contribution in [0.25, 0.3) is 0 Å². The largest absolute Gasteiger partial charge is 0.471 e. The SMILES string of the molecule is CCCCCCC(CC)c1noc(C(F)(F)F)n1. The zero-order valence-corrected chi connectivity index (χ0v) is 10.8. The van der Waals surface area contributed by atoms with Crippen molar-refractivity contribution in [2.24, 2.45) is 0 Å². The van der Waals surface area contributed by atoms with Gasteiger partial charge in [-0.3, -0.25) is 0 Å². The fourth-order valence-electron chi connectivity index (χ4n) is 1.85. The third kappa shape index (κ3) is 4.31. The highest BCUT2D eigenvalue weighted by Gasteiger charge is 2.38. The van der Waals surface area contributed by atoms with Crippen LogP contribution in [0.2, 0.25) is 0 Å². The van der Waals surface area contributed by atoms with Gasteiger partial charge in [0.15, 0.2) is 5.82 Å². The summed E-state index contributed by atoms with van der Waals surface area (Å²) in [6.07, 6.45) is 1.36. The Morgan fingerprint density at radius 2 is 1.89 bits per heavy atom. The van der Waals surface area contributed by atoms with Crippen LogP contribution in [0.1, 0.15) is 70.0 Å². The van der Waals surface area contributed by atoms with Crippen LogP contribution in [-0.2, 0) is 6.18 Å². The third-order valence-electron chi connectivity index (χ3n) is 2.95. The number of rotatable bonds is 7. The normalized spacial score (nSPS) is 13.8. The summed E-state index contributed by atoms with van der Waals surface area (Å²) < 4.78 is 41.2. The predicted octanol–water partition coefficient (Wildman–Crippen LogP) is 4.55. The van der Waals surface area contributed by atoms with Crippen molar-refractivity contribution in [2.45, 2.75) is 64.5 Å². The summed E-state index contributed by atoms with van der Waals surface area (Å²) >= 11 is 0. The fraction of sp³-hybridized carbons (Fsp3) is 0.833. The number of halogens is 3. The fourth-order valence-corrected chi connectivity index (χ4v) is 1.85. The van der Waals surface area contributed by atoms with Gasteiger partial charge in [-0.15, -0.1) is 0 Å². The predicted molar refractivity (Wildman–Crippen MR) is 61.1 cm³/mol. The Hall–Kier alpha value is -1.07. The molecule has 1 rings (SSSR count). The summed E-state index contributed by atoms with van der Waals surface area (Å²) in [5, 5.41) is 3.45. The highest BCUT2D eigenvalue weighted by Crippen LogP contribution is 2.30. The van der Waals surface area contributed by atoms with Gasteiger partial charge in [0.1, 0.15) is 0 Å². The first-order chi connectivity index (χ1) is 8.49. The van der Waals surface area contributed by atoms with Crippen molar-refractivity contribution in [2.75, 3.05) is 0 Å². The summed E-state index contributed by atoms with van der Waals surface area (Å²) in [5.41, 5.74) is 0. The molecule has 3 nitrogen and oxygen atoms in total. The van der Waals surface area contributed by atoms with E-state index in [1.165, 1.54) is 0 Å². The van der Waals surface area contributed by atoms with Crippen molar-refractivity contribution in [3.63, 3.8) is 0 Å². The van der Waals surface area contributed by atoms with Crippen LogP contribution in [0.5, 0.6) is 0 Å². The zero-order valence-electron chi connectivity index (χ0n) is 10.8. The van der Waals surface area contributed by atoms with Gasteiger partial charge >= 0.3 is 12.1 Å². The Balaban J connectivity index is 2.57. The molecule has 1 aromatic rings. The van der Waals surface area contributed by atoms with Crippen LogP contribution in [0.4, 0.5) is 13.2 Å². The minimum absolute atomic E-state index is 0.0401. The van der Waals surface area contributed by atoms with Gasteiger partial charge in [0.05, 0.1) is 0 Å². The second-order valence-electron chi connectivity index (χ2n) is 4.41. The van der Waals surface area contributed by atoms with E-state index in [0.29, 0.717) is 0 Å². The second kappa shape index (κ2) is 6.75. The van der Waals surface area contributed by atoms with E-state index >= 15 is 0 Å². The molecule has 1 atom stereocenters. The van der Waals surface area contributed by atoms with E-state index in [2.05, 4.69) is 21.6 Å². The number of hydrogen-bond donors (Lipinski definition) is 0. The molecule has 0 saturated heterocycles. The second-order valence-corrected chi connectivity index (χ2v) is 4.41. The number of aromatic nitrogens is 2. The van der Waals surface area contributed by atoms with E-state index in [0.717, 1.165) is 38.5 Å². The van der Waals surface area contributed by atoms with Gasteiger partial charge in [-0.05, 0) is 12.8 Å². The summed E-state index contributed by atoms with van der Waals surface area (Å²) in [6, 6.07) is 0. The monoisotopic (exact) mass is 264 g/mol. The van der Waals surface area contributed by atoms with Gasteiger partial charge in [0, 0.05) is 5.92 Å². The number of unbranched alkanes of at least 4 members (excludes halogenated alkanes) is 3. The van der Waals surface area contributed by atoms with Crippen LogP contribution in [0.3, 0.4) is 0 Å². The van der Waals surface area contributed by atoms with E-state index in [9.17, 15) is 13.2 Å². The van der Waals surface area contributed by atoms with Crippen molar-refractivity contribution >= 4 is 0 Å². The molecule has 1 unspecified atom stereocenters. The van der Waals surface area contributed by atoms with Crippen LogP contribution in [0.15, 0.2) is 4.52 Å². The molecule has 0 fully saturated rings. The summed E-state index contributed by atoms with van der Waals surface area (Å²) in [4.78, 5) is 3.45. The first-order valence-corrected chi connectivity index (χ1v) is 6.39. The molecule has 0 aliphatic heterocycles. The molecule has 104 valence electrons. The molecule has 0 saturated carbocycles. The number of hydrogen-bond acceptors (Lipinski definition) is 3. The van der Waals surface area contributed by atoms with Gasteiger partial charge in [-0.25, -0.2) is 0 Å². The summed E-state index contributed by atoms with van der Waals surface area (Å²) in [5.74, 6) is -1.10. The maximum atomic E-state index is 12.3. The molecule has 6 heteroatoms. The molecule has 18 heavy (non-hydrogen) atoms. The lowest BCUT2D eigenvalue weighted by molar-refractivity contribution is -0.159. The highest BCUT2D eigenvalue weighted by atomic mass is 19.4. The van der Waals surface area contributed by atoms with E-state index in [1.54, 1.807) is 0 Å². The molecule has 1 aromatic heterocycles. The smallest absolute Gasteiger partial charge is 0.329 e. The molecule has 0 amide bonds. The topological polar surface area (TPSA) is 38.9 Å². The third-order valence-corrected chi connectivity index (χ3v) is 2.95. The molecule has 1 heterocycles. The molecule has 0 bridgehead atoms. The molecule has 0 N–H and O–H groups in total. The van der Waals surface area contributed by atoms with E-state index in [1.807, 2.05) is 6.92 Å². The van der Waals surface area contributed by atoms with Crippen LogP contribution >= 0.6 is 0 Å². The minimum atomic E-state index is -4.55. The average Bonchev–Trinajstić information content (AvgIpc) is 2.78. The van der Waals surface area contributed by atoms with E-state index < -0.39 is 12.1 Å². The number of nitrogens with zero attached hydrogens (tertiary/aromatic N) is 2. The average molecular weight is 264 g/mol. The van der Waals surface area contributed by atoms with Gasteiger partial charge in [-0.1, -0.05) is 44.7 Å². The molecule has 0 aromatic carbocycles. The summed E-state index contributed by atoms with van der Waals surface area (Å²) in [6.45, 7) is 4.04. The van der Waals surface area contributed by atoms with Crippen molar-refractivity contribution in [1.82, 2.24) is 10.1 Å². The molecular weight excluding hydrogens is 245 g/mol. The first-order valence-electron chi connectivity index (χ1n) is 6.39. The lowest BCUT2D eigenvalue weighted by Crippen LogP contribution is -2.06. The highest BCUT2D eigenvalue weighted by molar-refractivity contribution is 4.96. The molecule has 0 aliphatic rings. The Kier molecular flexibility index (Phi) is 5.62. The Bertz CT molecular complexity index is 349. The van der Waals surface area contributed by atoms with Crippen LogP contribution < -0.4 is 0 Å². The van der Waals surface area contributed by atoms with Crippen molar-refractivity contribution < 1.29 is 17.7 Å². The molecular formula is C12H19F3N2O. The van der Waals surface area contributed by atoms with Gasteiger partial charge in [-0.2, -0.15) is 18.2 Å². The standard InChI is InChI=1S/C12H19F3N2O/c1-3-5-6-7-8-9(4-2)10-16-11(18-17-10)12(13,14)15/h9H,3-8H2,1-2H3. The van der Waals surface area contributed by atoms with Crippen molar-refractivity contribution in [1.29, 1.82) is 0 Å².